The minimum atomic E-state index is -0.303. The van der Waals surface area contributed by atoms with Crippen LogP contribution in [-0.4, -0.2) is 45.5 Å². The molecule has 1 fully saturated rings. The van der Waals surface area contributed by atoms with Crippen molar-refractivity contribution in [2.24, 2.45) is 5.10 Å². The third-order valence-electron chi connectivity index (χ3n) is 4.25. The highest BCUT2D eigenvalue weighted by Gasteiger charge is 2.12. The number of amides is 1. The van der Waals surface area contributed by atoms with E-state index < -0.39 is 0 Å². The zero-order chi connectivity index (χ0) is 18.4. The fraction of sp³-hybridized carbons (Fsp3) is 0.300. The molecule has 1 aliphatic rings. The summed E-state index contributed by atoms with van der Waals surface area (Å²) >= 11 is 0. The molecule has 0 radical (unpaired) electrons. The number of methoxy groups -OCH3 is 1. The standard InChI is InChI=1S/C20H23N3O3/c1-15-3-8-18(19(13-15)25-2)20(24)22-21-14-16-4-6-17(7-5-16)23-9-11-26-12-10-23/h3-8,13-14H,9-12H2,1-2H3,(H,22,24)/b21-14-. The summed E-state index contributed by atoms with van der Waals surface area (Å²) in [7, 11) is 1.55. The van der Waals surface area contributed by atoms with Gasteiger partial charge in [-0.05, 0) is 42.3 Å². The molecule has 0 bridgehead atoms. The largest absolute Gasteiger partial charge is 0.496 e. The summed E-state index contributed by atoms with van der Waals surface area (Å²) in [5.41, 5.74) is 6.11. The number of aryl methyl sites for hydroxylation is 1. The quantitative estimate of drug-likeness (QED) is 0.663. The minimum Gasteiger partial charge on any atom is -0.496 e. The molecular formula is C20H23N3O3. The number of carbonyl (C=O) groups excluding carboxylic acids is 1. The zero-order valence-electron chi connectivity index (χ0n) is 15.1. The Bertz CT molecular complexity index is 781. The van der Waals surface area contributed by atoms with Crippen LogP contribution < -0.4 is 15.1 Å². The van der Waals surface area contributed by atoms with Gasteiger partial charge in [0.25, 0.3) is 5.91 Å². The van der Waals surface area contributed by atoms with Crippen LogP contribution >= 0.6 is 0 Å². The maximum Gasteiger partial charge on any atom is 0.275 e. The highest BCUT2D eigenvalue weighted by molar-refractivity contribution is 5.97. The first kappa shape index (κ1) is 17.9. The van der Waals surface area contributed by atoms with Crippen molar-refractivity contribution in [2.75, 3.05) is 38.3 Å². The highest BCUT2D eigenvalue weighted by atomic mass is 16.5. The fourth-order valence-corrected chi connectivity index (χ4v) is 2.80. The summed E-state index contributed by atoms with van der Waals surface area (Å²) < 4.78 is 10.6. The molecule has 0 aromatic heterocycles. The van der Waals surface area contributed by atoms with Gasteiger partial charge in [-0.1, -0.05) is 18.2 Å². The topological polar surface area (TPSA) is 63.2 Å². The number of hydrogen-bond donors (Lipinski definition) is 1. The molecule has 136 valence electrons. The third-order valence-corrected chi connectivity index (χ3v) is 4.25. The number of anilines is 1. The third kappa shape index (κ3) is 4.40. The van der Waals surface area contributed by atoms with Crippen LogP contribution in [0.2, 0.25) is 0 Å². The van der Waals surface area contributed by atoms with Gasteiger partial charge in [-0.25, -0.2) is 5.43 Å². The van der Waals surface area contributed by atoms with Crippen molar-refractivity contribution >= 4 is 17.8 Å². The van der Waals surface area contributed by atoms with Gasteiger partial charge >= 0.3 is 0 Å². The number of hydrogen-bond acceptors (Lipinski definition) is 5. The molecule has 1 amide bonds. The lowest BCUT2D eigenvalue weighted by atomic mass is 10.1. The Hall–Kier alpha value is -2.86. The monoisotopic (exact) mass is 353 g/mol. The molecule has 26 heavy (non-hydrogen) atoms. The first-order chi connectivity index (χ1) is 12.7. The molecule has 0 aliphatic carbocycles. The van der Waals surface area contributed by atoms with E-state index in [4.69, 9.17) is 9.47 Å². The number of nitrogens with zero attached hydrogens (tertiary/aromatic N) is 2. The van der Waals surface area contributed by atoms with E-state index in [0.29, 0.717) is 11.3 Å². The van der Waals surface area contributed by atoms with Crippen molar-refractivity contribution < 1.29 is 14.3 Å². The van der Waals surface area contributed by atoms with E-state index in [1.54, 1.807) is 19.4 Å². The molecule has 1 N–H and O–H groups in total. The van der Waals surface area contributed by atoms with E-state index in [9.17, 15) is 4.79 Å². The smallest absolute Gasteiger partial charge is 0.275 e. The van der Waals surface area contributed by atoms with Gasteiger partial charge in [-0.2, -0.15) is 5.10 Å². The minimum absolute atomic E-state index is 0.303. The summed E-state index contributed by atoms with van der Waals surface area (Å²) in [5, 5.41) is 4.04. The summed E-state index contributed by atoms with van der Waals surface area (Å²) in [6.45, 7) is 5.28. The number of rotatable bonds is 5. The summed E-state index contributed by atoms with van der Waals surface area (Å²) in [6.07, 6.45) is 1.63. The van der Waals surface area contributed by atoms with Crippen LogP contribution in [0.1, 0.15) is 21.5 Å². The van der Waals surface area contributed by atoms with Crippen LogP contribution in [0.5, 0.6) is 5.75 Å². The van der Waals surface area contributed by atoms with Crippen molar-refractivity contribution in [3.05, 3.63) is 59.2 Å². The second-order valence-corrected chi connectivity index (χ2v) is 6.09. The van der Waals surface area contributed by atoms with E-state index in [0.717, 1.165) is 37.4 Å². The van der Waals surface area contributed by atoms with E-state index in [1.165, 1.54) is 5.69 Å². The second-order valence-electron chi connectivity index (χ2n) is 6.09. The second kappa shape index (κ2) is 8.49. The molecule has 0 spiro atoms. The molecule has 6 heteroatoms. The Morgan fingerprint density at radius 1 is 1.19 bits per heavy atom. The van der Waals surface area contributed by atoms with Gasteiger partial charge in [-0.3, -0.25) is 4.79 Å². The molecule has 2 aromatic rings. The highest BCUT2D eigenvalue weighted by Crippen LogP contribution is 2.19. The first-order valence-electron chi connectivity index (χ1n) is 8.58. The molecular weight excluding hydrogens is 330 g/mol. The SMILES string of the molecule is COc1cc(C)ccc1C(=O)N/N=C\c1ccc(N2CCOCC2)cc1. The summed E-state index contributed by atoms with van der Waals surface area (Å²) in [6, 6.07) is 13.5. The Morgan fingerprint density at radius 2 is 1.92 bits per heavy atom. The van der Waals surface area contributed by atoms with Gasteiger partial charge in [-0.15, -0.1) is 0 Å². The van der Waals surface area contributed by atoms with Crippen molar-refractivity contribution in [3.63, 3.8) is 0 Å². The number of morpholine rings is 1. The molecule has 1 heterocycles. The molecule has 6 nitrogen and oxygen atoms in total. The predicted octanol–water partition coefficient (Wildman–Crippen LogP) is 2.60. The molecule has 0 saturated carbocycles. The molecule has 1 saturated heterocycles. The van der Waals surface area contributed by atoms with Crippen LogP contribution in [-0.2, 0) is 4.74 Å². The Labute approximate surface area is 153 Å². The van der Waals surface area contributed by atoms with E-state index in [1.807, 2.05) is 31.2 Å². The summed E-state index contributed by atoms with van der Waals surface area (Å²) in [4.78, 5) is 14.6. The van der Waals surface area contributed by atoms with Crippen LogP contribution in [0, 0.1) is 6.92 Å². The van der Waals surface area contributed by atoms with E-state index >= 15 is 0 Å². The average Bonchev–Trinajstić information content (AvgIpc) is 2.69. The van der Waals surface area contributed by atoms with Crippen LogP contribution in [0.15, 0.2) is 47.6 Å². The number of benzene rings is 2. The van der Waals surface area contributed by atoms with Crippen LogP contribution in [0.3, 0.4) is 0 Å². The molecule has 3 rings (SSSR count). The molecule has 0 atom stereocenters. The lowest BCUT2D eigenvalue weighted by molar-refractivity contribution is 0.0952. The normalized spacial score (nSPS) is 14.5. The van der Waals surface area contributed by atoms with E-state index in [2.05, 4.69) is 27.6 Å². The van der Waals surface area contributed by atoms with Crippen molar-refractivity contribution in [3.8, 4) is 5.75 Å². The maximum absolute atomic E-state index is 12.3. The first-order valence-corrected chi connectivity index (χ1v) is 8.58. The van der Waals surface area contributed by atoms with Gasteiger partial charge in [0, 0.05) is 18.8 Å². The van der Waals surface area contributed by atoms with Crippen LogP contribution in [0.25, 0.3) is 0 Å². The fourth-order valence-electron chi connectivity index (χ4n) is 2.80. The predicted molar refractivity (Wildman–Crippen MR) is 102 cm³/mol. The maximum atomic E-state index is 12.3. The summed E-state index contributed by atoms with van der Waals surface area (Å²) in [5.74, 6) is 0.232. The van der Waals surface area contributed by atoms with Gasteiger partial charge in [0.2, 0.25) is 0 Å². The Morgan fingerprint density at radius 3 is 2.62 bits per heavy atom. The van der Waals surface area contributed by atoms with Gasteiger partial charge in [0.05, 0.1) is 32.1 Å². The van der Waals surface area contributed by atoms with Gasteiger partial charge in [0.1, 0.15) is 5.75 Å². The average molecular weight is 353 g/mol. The van der Waals surface area contributed by atoms with Crippen molar-refractivity contribution in [2.45, 2.75) is 6.92 Å². The lowest BCUT2D eigenvalue weighted by Crippen LogP contribution is -2.36. The number of nitrogens with one attached hydrogen (secondary N) is 1. The number of ether oxygens (including phenoxy) is 2. The van der Waals surface area contributed by atoms with Crippen molar-refractivity contribution in [1.82, 2.24) is 5.43 Å². The number of hydrazone groups is 1. The lowest BCUT2D eigenvalue weighted by Gasteiger charge is -2.28. The molecule has 0 unspecified atom stereocenters. The Balaban J connectivity index is 1.60. The number of carbonyl (C=O) groups is 1. The molecule has 2 aromatic carbocycles. The zero-order valence-corrected chi connectivity index (χ0v) is 15.1. The van der Waals surface area contributed by atoms with Crippen molar-refractivity contribution in [1.29, 1.82) is 0 Å². The Kier molecular flexibility index (Phi) is 5.86. The van der Waals surface area contributed by atoms with Crippen LogP contribution in [0.4, 0.5) is 5.69 Å². The van der Waals surface area contributed by atoms with Gasteiger partial charge in [0.15, 0.2) is 0 Å². The molecule has 1 aliphatic heterocycles. The van der Waals surface area contributed by atoms with Gasteiger partial charge < -0.3 is 14.4 Å². The van der Waals surface area contributed by atoms with E-state index in [-0.39, 0.29) is 5.91 Å².